The Morgan fingerprint density at radius 1 is 1.21 bits per heavy atom. The van der Waals surface area contributed by atoms with E-state index in [1.807, 2.05) is 12.1 Å². The Balaban J connectivity index is 1.58. The van der Waals surface area contributed by atoms with Crippen molar-refractivity contribution in [2.24, 2.45) is 0 Å². The number of para-hydroxylation sites is 1. The van der Waals surface area contributed by atoms with E-state index in [2.05, 4.69) is 4.98 Å². The van der Waals surface area contributed by atoms with Gasteiger partial charge < -0.3 is 14.2 Å². The number of carbonyl (C=O) groups is 1. The van der Waals surface area contributed by atoms with Crippen LogP contribution in [0.4, 0.5) is 0 Å². The van der Waals surface area contributed by atoms with E-state index in [-0.39, 0.29) is 23.9 Å². The highest BCUT2D eigenvalue weighted by atomic mass is 32.2. The van der Waals surface area contributed by atoms with Gasteiger partial charge in [-0.2, -0.15) is 0 Å². The van der Waals surface area contributed by atoms with Gasteiger partial charge in [0.25, 0.3) is 5.56 Å². The van der Waals surface area contributed by atoms with Gasteiger partial charge >= 0.3 is 0 Å². The standard InChI is InChI=1S/C21H20N2O5S/c1-26-10-4-9-23-20(25)15-5-2-3-6-16(15)22-21(23)29-12-17(24)14-7-8-18-19(11-14)28-13-27-18/h2-3,5-8,11H,4,9-10,12-13H2,1H3. The van der Waals surface area contributed by atoms with Crippen LogP contribution in [0, 0.1) is 0 Å². The zero-order valence-electron chi connectivity index (χ0n) is 15.9. The molecule has 4 rings (SSSR count). The minimum Gasteiger partial charge on any atom is -0.454 e. The highest BCUT2D eigenvalue weighted by molar-refractivity contribution is 7.99. The van der Waals surface area contributed by atoms with Gasteiger partial charge in [0.2, 0.25) is 6.79 Å². The van der Waals surface area contributed by atoms with Gasteiger partial charge in [-0.15, -0.1) is 0 Å². The number of ketones is 1. The predicted octanol–water partition coefficient (Wildman–Crippen LogP) is 3.14. The number of Topliss-reactive ketones (excluding diaryl/α,β-unsaturated/α-hetero) is 1. The van der Waals surface area contributed by atoms with Gasteiger partial charge in [-0.05, 0) is 36.8 Å². The molecule has 1 aromatic heterocycles. The fourth-order valence-electron chi connectivity index (χ4n) is 3.11. The molecule has 7 nitrogen and oxygen atoms in total. The largest absolute Gasteiger partial charge is 0.454 e. The van der Waals surface area contributed by atoms with Crippen LogP contribution in [-0.4, -0.2) is 41.6 Å². The molecule has 29 heavy (non-hydrogen) atoms. The van der Waals surface area contributed by atoms with Crippen molar-refractivity contribution in [1.82, 2.24) is 9.55 Å². The SMILES string of the molecule is COCCCn1c(SCC(=O)c2ccc3c(c2)OCO3)nc2ccccc2c1=O. The van der Waals surface area contributed by atoms with Crippen LogP contribution in [-0.2, 0) is 11.3 Å². The summed E-state index contributed by atoms with van der Waals surface area (Å²) in [7, 11) is 1.63. The van der Waals surface area contributed by atoms with E-state index >= 15 is 0 Å². The second kappa shape index (κ2) is 8.67. The maximum atomic E-state index is 12.9. The Bertz CT molecular complexity index is 1110. The highest BCUT2D eigenvalue weighted by Crippen LogP contribution is 2.33. The average Bonchev–Trinajstić information content (AvgIpc) is 3.22. The average molecular weight is 412 g/mol. The van der Waals surface area contributed by atoms with Crippen LogP contribution >= 0.6 is 11.8 Å². The topological polar surface area (TPSA) is 79.7 Å². The first-order chi connectivity index (χ1) is 14.2. The Morgan fingerprint density at radius 3 is 2.90 bits per heavy atom. The Morgan fingerprint density at radius 2 is 2.03 bits per heavy atom. The summed E-state index contributed by atoms with van der Waals surface area (Å²) in [5.41, 5.74) is 1.05. The number of thioether (sulfide) groups is 1. The number of carbonyl (C=O) groups excluding carboxylic acids is 1. The summed E-state index contributed by atoms with van der Waals surface area (Å²) >= 11 is 1.26. The number of benzene rings is 2. The number of methoxy groups -OCH3 is 1. The Hall–Kier alpha value is -2.84. The normalized spacial score (nSPS) is 12.4. The second-order valence-corrected chi connectivity index (χ2v) is 7.44. The number of rotatable bonds is 8. The smallest absolute Gasteiger partial charge is 0.262 e. The van der Waals surface area contributed by atoms with E-state index in [1.54, 1.807) is 42.0 Å². The molecule has 0 spiro atoms. The quantitative estimate of drug-likeness (QED) is 0.243. The fourth-order valence-corrected chi connectivity index (χ4v) is 4.03. The molecular weight excluding hydrogens is 392 g/mol. The molecular formula is C21H20N2O5S. The van der Waals surface area contributed by atoms with Crippen LogP contribution in [0.15, 0.2) is 52.4 Å². The minimum atomic E-state index is -0.107. The number of ether oxygens (including phenoxy) is 3. The second-order valence-electron chi connectivity index (χ2n) is 6.49. The van der Waals surface area contributed by atoms with Gasteiger partial charge in [0.05, 0.1) is 16.7 Å². The first-order valence-electron chi connectivity index (χ1n) is 9.21. The Kier molecular flexibility index (Phi) is 5.82. The molecule has 1 aliphatic heterocycles. The van der Waals surface area contributed by atoms with Gasteiger partial charge in [-0.25, -0.2) is 4.98 Å². The van der Waals surface area contributed by atoms with Crippen molar-refractivity contribution in [3.8, 4) is 11.5 Å². The zero-order valence-corrected chi connectivity index (χ0v) is 16.7. The van der Waals surface area contributed by atoms with Crippen molar-refractivity contribution >= 4 is 28.4 Å². The van der Waals surface area contributed by atoms with Crippen LogP contribution in [0.2, 0.25) is 0 Å². The van der Waals surface area contributed by atoms with Crippen molar-refractivity contribution in [3.05, 3.63) is 58.4 Å². The van der Waals surface area contributed by atoms with E-state index < -0.39 is 0 Å². The van der Waals surface area contributed by atoms with E-state index in [0.29, 0.717) is 52.7 Å². The van der Waals surface area contributed by atoms with E-state index in [0.717, 1.165) is 0 Å². The van der Waals surface area contributed by atoms with Crippen LogP contribution in [0.5, 0.6) is 11.5 Å². The van der Waals surface area contributed by atoms with Crippen LogP contribution in [0.25, 0.3) is 10.9 Å². The molecule has 1 aliphatic rings. The zero-order chi connectivity index (χ0) is 20.2. The first-order valence-corrected chi connectivity index (χ1v) is 10.2. The monoisotopic (exact) mass is 412 g/mol. The molecule has 0 bridgehead atoms. The summed E-state index contributed by atoms with van der Waals surface area (Å²) in [6.45, 7) is 1.18. The van der Waals surface area contributed by atoms with Crippen molar-refractivity contribution in [2.75, 3.05) is 26.3 Å². The van der Waals surface area contributed by atoms with Crippen LogP contribution in [0.1, 0.15) is 16.8 Å². The van der Waals surface area contributed by atoms with Gasteiger partial charge in [-0.1, -0.05) is 23.9 Å². The molecule has 0 fully saturated rings. The number of hydrogen-bond acceptors (Lipinski definition) is 7. The summed E-state index contributed by atoms with van der Waals surface area (Å²) < 4.78 is 17.3. The summed E-state index contributed by atoms with van der Waals surface area (Å²) in [6, 6.07) is 12.4. The summed E-state index contributed by atoms with van der Waals surface area (Å²) in [5.74, 6) is 1.30. The molecule has 2 heterocycles. The Labute approximate surface area is 171 Å². The lowest BCUT2D eigenvalue weighted by Gasteiger charge is -2.13. The molecule has 2 aromatic carbocycles. The summed E-state index contributed by atoms with van der Waals surface area (Å²) in [5, 5.41) is 1.09. The summed E-state index contributed by atoms with van der Waals surface area (Å²) in [4.78, 5) is 30.3. The molecule has 0 aliphatic carbocycles. The number of nitrogens with zero attached hydrogens (tertiary/aromatic N) is 2. The highest BCUT2D eigenvalue weighted by Gasteiger charge is 2.18. The number of fused-ring (bicyclic) bond motifs is 2. The van der Waals surface area contributed by atoms with E-state index in [4.69, 9.17) is 14.2 Å². The van der Waals surface area contributed by atoms with Gasteiger partial charge in [0, 0.05) is 25.8 Å². The van der Waals surface area contributed by atoms with Gasteiger partial charge in [-0.3, -0.25) is 14.2 Å². The van der Waals surface area contributed by atoms with Crippen LogP contribution in [0.3, 0.4) is 0 Å². The molecule has 0 amide bonds. The third kappa shape index (κ3) is 4.13. The lowest BCUT2D eigenvalue weighted by molar-refractivity contribution is 0.102. The predicted molar refractivity (Wildman–Crippen MR) is 110 cm³/mol. The van der Waals surface area contributed by atoms with Crippen LogP contribution < -0.4 is 15.0 Å². The van der Waals surface area contributed by atoms with Crippen molar-refractivity contribution < 1.29 is 19.0 Å². The third-order valence-corrected chi connectivity index (χ3v) is 5.56. The molecule has 8 heteroatoms. The maximum absolute atomic E-state index is 12.9. The molecule has 0 unspecified atom stereocenters. The fraction of sp³-hybridized carbons (Fsp3) is 0.286. The molecule has 0 atom stereocenters. The molecule has 150 valence electrons. The van der Waals surface area contributed by atoms with E-state index in [1.165, 1.54) is 11.8 Å². The molecule has 0 radical (unpaired) electrons. The maximum Gasteiger partial charge on any atom is 0.262 e. The molecule has 0 saturated heterocycles. The molecule has 0 N–H and O–H groups in total. The van der Waals surface area contributed by atoms with Gasteiger partial charge in [0.1, 0.15) is 0 Å². The summed E-state index contributed by atoms with van der Waals surface area (Å²) in [6.07, 6.45) is 0.681. The minimum absolute atomic E-state index is 0.0702. The third-order valence-electron chi connectivity index (χ3n) is 4.58. The lowest BCUT2D eigenvalue weighted by atomic mass is 10.1. The van der Waals surface area contributed by atoms with Crippen molar-refractivity contribution in [2.45, 2.75) is 18.1 Å². The lowest BCUT2D eigenvalue weighted by Crippen LogP contribution is -2.24. The van der Waals surface area contributed by atoms with Crippen molar-refractivity contribution in [3.63, 3.8) is 0 Å². The first kappa shape index (κ1) is 19.5. The molecule has 3 aromatic rings. The van der Waals surface area contributed by atoms with Gasteiger partial charge in [0.15, 0.2) is 22.4 Å². The number of hydrogen-bond donors (Lipinski definition) is 0. The number of aromatic nitrogens is 2. The van der Waals surface area contributed by atoms with Crippen molar-refractivity contribution in [1.29, 1.82) is 0 Å². The van der Waals surface area contributed by atoms with E-state index in [9.17, 15) is 9.59 Å². The molecule has 0 saturated carbocycles.